The normalized spacial score (nSPS) is 24.8. The fraction of sp³-hybridized carbons (Fsp3) is 0.526. The number of hydrogen-bond acceptors (Lipinski definition) is 7. The average Bonchev–Trinajstić information content (AvgIpc) is 3.19. The van der Waals surface area contributed by atoms with Gasteiger partial charge < -0.3 is 20.3 Å². The first-order valence-electron chi connectivity index (χ1n) is 9.57. The third-order valence-electron chi connectivity index (χ3n) is 6.02. The summed E-state index contributed by atoms with van der Waals surface area (Å²) in [7, 11) is 0. The Balaban J connectivity index is 1.26. The molecule has 2 N–H and O–H groups in total. The first-order valence-corrected chi connectivity index (χ1v) is 9.95. The molecule has 0 aromatic carbocycles. The summed E-state index contributed by atoms with van der Waals surface area (Å²) in [5.74, 6) is 2.39. The topological polar surface area (TPSA) is 80.4 Å². The van der Waals surface area contributed by atoms with E-state index >= 15 is 0 Å². The lowest BCUT2D eigenvalue weighted by molar-refractivity contribution is 0.114. The Bertz CT molecular complexity index is 831. The minimum atomic E-state index is 0.352. The van der Waals surface area contributed by atoms with Gasteiger partial charge in [0.05, 0.1) is 5.69 Å². The molecule has 8 heteroatoms. The molecule has 142 valence electrons. The second-order valence-electron chi connectivity index (χ2n) is 7.79. The molecular weight excluding hydrogens is 364 g/mol. The Morgan fingerprint density at radius 3 is 2.48 bits per heavy atom. The third-order valence-corrected chi connectivity index (χ3v) is 6.21. The van der Waals surface area contributed by atoms with E-state index in [4.69, 9.17) is 22.1 Å². The van der Waals surface area contributed by atoms with Crippen LogP contribution in [0.4, 0.5) is 17.2 Å². The Labute approximate surface area is 163 Å². The largest absolute Gasteiger partial charge is 0.474 e. The van der Waals surface area contributed by atoms with Crippen LogP contribution in [0.25, 0.3) is 0 Å². The van der Waals surface area contributed by atoms with Crippen LogP contribution in [0.2, 0.25) is 5.15 Å². The van der Waals surface area contributed by atoms with E-state index in [-0.39, 0.29) is 0 Å². The molecule has 1 aliphatic carbocycles. The molecular formula is C19H23ClN6O. The van der Waals surface area contributed by atoms with Gasteiger partial charge in [0.15, 0.2) is 11.0 Å². The maximum atomic E-state index is 6.01. The Morgan fingerprint density at radius 1 is 1.04 bits per heavy atom. The summed E-state index contributed by atoms with van der Waals surface area (Å²) in [6, 6.07) is 5.98. The summed E-state index contributed by atoms with van der Waals surface area (Å²) in [5, 5.41) is 8.14. The lowest BCUT2D eigenvalue weighted by atomic mass is 9.96. The average molecular weight is 387 g/mol. The van der Waals surface area contributed by atoms with Gasteiger partial charge in [-0.05, 0) is 25.3 Å². The predicted molar refractivity (Wildman–Crippen MR) is 105 cm³/mol. The zero-order valence-electron chi connectivity index (χ0n) is 15.1. The van der Waals surface area contributed by atoms with E-state index in [1.165, 1.54) is 12.1 Å². The number of hydrogen-bond donors (Lipinski definition) is 1. The molecule has 3 aliphatic rings. The van der Waals surface area contributed by atoms with Crippen molar-refractivity contribution in [1.29, 1.82) is 0 Å². The zero-order valence-corrected chi connectivity index (χ0v) is 15.8. The van der Waals surface area contributed by atoms with Crippen LogP contribution in [0.15, 0.2) is 24.4 Å². The molecule has 7 nitrogen and oxygen atoms in total. The van der Waals surface area contributed by atoms with Crippen molar-refractivity contribution in [2.75, 3.05) is 41.7 Å². The van der Waals surface area contributed by atoms with Crippen molar-refractivity contribution in [3.8, 4) is 5.88 Å². The number of aromatic nitrogens is 3. The fourth-order valence-corrected chi connectivity index (χ4v) is 4.48. The van der Waals surface area contributed by atoms with Gasteiger partial charge in [-0.15, -0.1) is 10.2 Å². The van der Waals surface area contributed by atoms with Gasteiger partial charge in [0.25, 0.3) is 0 Å². The monoisotopic (exact) mass is 386 g/mol. The Morgan fingerprint density at radius 2 is 1.78 bits per heavy atom. The first kappa shape index (κ1) is 16.9. The molecule has 3 fully saturated rings. The van der Waals surface area contributed by atoms with Crippen molar-refractivity contribution in [2.45, 2.75) is 25.4 Å². The standard InChI is InChI=1S/C19H23ClN6O/c20-17-7-16(19(21)24-23-17)26-10-12-8-25(9-13(12)11-26)14-4-5-22-18(6-14)27-15-2-1-3-15/h4-7,12-13,15H,1-3,8-11H2,(H2,21,24). The molecule has 2 atom stereocenters. The minimum Gasteiger partial charge on any atom is -0.474 e. The van der Waals surface area contributed by atoms with E-state index in [1.807, 2.05) is 12.3 Å². The molecule has 0 amide bonds. The number of fused-ring (bicyclic) bond motifs is 1. The van der Waals surface area contributed by atoms with Gasteiger partial charge in [-0.1, -0.05) is 11.6 Å². The number of anilines is 3. The molecule has 2 saturated heterocycles. The zero-order chi connectivity index (χ0) is 18.4. The fourth-order valence-electron chi connectivity index (χ4n) is 4.34. The SMILES string of the molecule is Nc1nnc(Cl)cc1N1CC2CN(c3ccnc(OC4CCC4)c3)CC2C1. The van der Waals surface area contributed by atoms with E-state index < -0.39 is 0 Å². The molecule has 2 aromatic rings. The first-order chi connectivity index (χ1) is 13.2. The highest BCUT2D eigenvalue weighted by atomic mass is 35.5. The molecule has 5 rings (SSSR count). The van der Waals surface area contributed by atoms with Crippen LogP contribution >= 0.6 is 11.6 Å². The van der Waals surface area contributed by atoms with Crippen molar-refractivity contribution in [1.82, 2.24) is 15.2 Å². The maximum absolute atomic E-state index is 6.01. The molecule has 1 saturated carbocycles. The summed E-state index contributed by atoms with van der Waals surface area (Å²) >= 11 is 6.00. The van der Waals surface area contributed by atoms with Crippen LogP contribution in [0, 0.1) is 11.8 Å². The lowest BCUT2D eigenvalue weighted by Crippen LogP contribution is -2.29. The van der Waals surface area contributed by atoms with E-state index in [0.29, 0.717) is 28.9 Å². The highest BCUT2D eigenvalue weighted by Gasteiger charge is 2.41. The Kier molecular flexibility index (Phi) is 4.19. The smallest absolute Gasteiger partial charge is 0.215 e. The van der Waals surface area contributed by atoms with Crippen molar-refractivity contribution >= 4 is 28.8 Å². The molecule has 2 unspecified atom stereocenters. The third kappa shape index (κ3) is 3.25. The number of nitrogen functional groups attached to an aromatic ring is 1. The van der Waals surface area contributed by atoms with Crippen LogP contribution in [0.3, 0.4) is 0 Å². The van der Waals surface area contributed by atoms with Crippen molar-refractivity contribution < 1.29 is 4.74 Å². The number of nitrogens with two attached hydrogens (primary N) is 1. The van der Waals surface area contributed by atoms with Gasteiger partial charge in [-0.25, -0.2) is 4.98 Å². The number of halogens is 1. The summed E-state index contributed by atoms with van der Waals surface area (Å²) in [6.07, 6.45) is 5.76. The summed E-state index contributed by atoms with van der Waals surface area (Å²) in [6.45, 7) is 3.98. The number of ether oxygens (including phenoxy) is 1. The molecule has 0 bridgehead atoms. The minimum absolute atomic E-state index is 0.352. The van der Waals surface area contributed by atoms with Crippen LogP contribution in [-0.4, -0.2) is 47.5 Å². The number of rotatable bonds is 4. The van der Waals surface area contributed by atoms with E-state index in [1.54, 1.807) is 0 Å². The highest BCUT2D eigenvalue weighted by Crippen LogP contribution is 2.38. The molecule has 27 heavy (non-hydrogen) atoms. The molecule has 2 aromatic heterocycles. The van der Waals surface area contributed by atoms with Gasteiger partial charge >= 0.3 is 0 Å². The van der Waals surface area contributed by atoms with Crippen LogP contribution in [0.5, 0.6) is 5.88 Å². The van der Waals surface area contributed by atoms with E-state index in [0.717, 1.165) is 50.6 Å². The lowest BCUT2D eigenvalue weighted by Gasteiger charge is -2.27. The maximum Gasteiger partial charge on any atom is 0.215 e. The van der Waals surface area contributed by atoms with Gasteiger partial charge in [0.2, 0.25) is 5.88 Å². The van der Waals surface area contributed by atoms with Crippen molar-refractivity contribution in [3.05, 3.63) is 29.5 Å². The second kappa shape index (κ2) is 6.71. The van der Waals surface area contributed by atoms with Crippen LogP contribution < -0.4 is 20.3 Å². The summed E-state index contributed by atoms with van der Waals surface area (Å²) in [4.78, 5) is 9.12. The second-order valence-corrected chi connectivity index (χ2v) is 8.18. The number of nitrogens with zero attached hydrogens (tertiary/aromatic N) is 5. The molecule has 4 heterocycles. The van der Waals surface area contributed by atoms with Crippen molar-refractivity contribution in [3.63, 3.8) is 0 Å². The van der Waals surface area contributed by atoms with Gasteiger partial charge in [0.1, 0.15) is 6.10 Å². The van der Waals surface area contributed by atoms with Crippen LogP contribution in [0.1, 0.15) is 19.3 Å². The van der Waals surface area contributed by atoms with Crippen molar-refractivity contribution in [2.24, 2.45) is 11.8 Å². The predicted octanol–water partition coefficient (Wildman–Crippen LogP) is 2.61. The Hall–Kier alpha value is -2.28. The quantitative estimate of drug-likeness (QED) is 0.864. The van der Waals surface area contributed by atoms with Crippen LogP contribution in [-0.2, 0) is 0 Å². The molecule has 0 radical (unpaired) electrons. The molecule has 0 spiro atoms. The van der Waals surface area contributed by atoms with E-state index in [9.17, 15) is 0 Å². The molecule has 2 aliphatic heterocycles. The van der Waals surface area contributed by atoms with Gasteiger partial charge in [0, 0.05) is 62.0 Å². The van der Waals surface area contributed by atoms with Gasteiger partial charge in [-0.2, -0.15) is 0 Å². The summed E-state index contributed by atoms with van der Waals surface area (Å²) in [5.41, 5.74) is 8.11. The number of pyridine rings is 1. The van der Waals surface area contributed by atoms with E-state index in [2.05, 4.69) is 37.1 Å². The summed E-state index contributed by atoms with van der Waals surface area (Å²) < 4.78 is 5.96. The highest BCUT2D eigenvalue weighted by molar-refractivity contribution is 6.29. The van der Waals surface area contributed by atoms with Gasteiger partial charge in [-0.3, -0.25) is 0 Å².